The molecule has 5 nitrogen and oxygen atoms in total. The summed E-state index contributed by atoms with van der Waals surface area (Å²) in [6.07, 6.45) is 9.97. The predicted molar refractivity (Wildman–Crippen MR) is 134 cm³/mol. The average molecular weight is 538 g/mol. The lowest BCUT2D eigenvalue weighted by atomic mass is 9.95. The van der Waals surface area contributed by atoms with Crippen LogP contribution in [0.3, 0.4) is 0 Å². The van der Waals surface area contributed by atoms with Gasteiger partial charge in [-0.25, -0.2) is 4.98 Å². The van der Waals surface area contributed by atoms with E-state index in [4.69, 9.17) is 0 Å². The number of aromatic nitrogens is 1. The van der Waals surface area contributed by atoms with E-state index in [9.17, 15) is 0 Å². The minimum atomic E-state index is 0. The summed E-state index contributed by atoms with van der Waals surface area (Å²) >= 11 is 3.77. The molecule has 2 fully saturated rings. The number of aryl methyl sites for hydroxylation is 1. The Labute approximate surface area is 196 Å². The number of thiazole rings is 1. The van der Waals surface area contributed by atoms with Gasteiger partial charge in [-0.2, -0.15) is 11.8 Å². The highest BCUT2D eigenvalue weighted by atomic mass is 127. The van der Waals surface area contributed by atoms with E-state index in [2.05, 4.69) is 44.1 Å². The molecule has 160 valence electrons. The molecule has 2 atom stereocenters. The van der Waals surface area contributed by atoms with Gasteiger partial charge in [-0.1, -0.05) is 6.42 Å². The predicted octanol–water partition coefficient (Wildman–Crippen LogP) is 4.12. The standard InChI is InChI=1S/C20H35N5S2.HI/c1-15-23-18(14-27-15)13-25-9-7-16(8-10-25)12-22-20(21-2)24-17-5-4-6-19(11-17)26-3;/h14,16-17,19H,4-13H2,1-3H3,(H2,21,22,24);1H. The van der Waals surface area contributed by atoms with Crippen molar-refractivity contribution < 1.29 is 0 Å². The summed E-state index contributed by atoms with van der Waals surface area (Å²) < 4.78 is 0. The van der Waals surface area contributed by atoms with Crippen LogP contribution >= 0.6 is 47.1 Å². The zero-order valence-corrected chi connectivity index (χ0v) is 21.4. The van der Waals surface area contributed by atoms with E-state index in [-0.39, 0.29) is 24.0 Å². The molecule has 1 saturated heterocycles. The Balaban J connectivity index is 0.00000280. The van der Waals surface area contributed by atoms with Crippen LogP contribution in [0, 0.1) is 12.8 Å². The second-order valence-electron chi connectivity index (χ2n) is 7.90. The van der Waals surface area contributed by atoms with Crippen LogP contribution < -0.4 is 10.6 Å². The summed E-state index contributed by atoms with van der Waals surface area (Å²) in [7, 11) is 1.89. The highest BCUT2D eigenvalue weighted by molar-refractivity contribution is 14.0. The zero-order chi connectivity index (χ0) is 19.1. The van der Waals surface area contributed by atoms with Crippen molar-refractivity contribution >= 4 is 53.0 Å². The first kappa shape index (κ1) is 24.2. The van der Waals surface area contributed by atoms with E-state index in [0.717, 1.165) is 30.2 Å². The smallest absolute Gasteiger partial charge is 0.191 e. The number of halogens is 1. The van der Waals surface area contributed by atoms with Gasteiger partial charge in [-0.05, 0) is 64.3 Å². The Bertz CT molecular complexity index is 601. The molecule has 0 amide bonds. The summed E-state index contributed by atoms with van der Waals surface area (Å²) in [5.41, 5.74) is 1.23. The lowest BCUT2D eigenvalue weighted by Crippen LogP contribution is -2.47. The number of piperidine rings is 1. The molecule has 8 heteroatoms. The second kappa shape index (κ2) is 12.6. The Morgan fingerprint density at radius 2 is 2.11 bits per heavy atom. The van der Waals surface area contributed by atoms with E-state index in [1.807, 2.05) is 18.8 Å². The number of thioether (sulfide) groups is 1. The van der Waals surface area contributed by atoms with Gasteiger partial charge in [-0.3, -0.25) is 9.89 Å². The number of hydrogen-bond acceptors (Lipinski definition) is 5. The molecular weight excluding hydrogens is 501 g/mol. The molecule has 0 bridgehead atoms. The number of nitrogens with one attached hydrogen (secondary N) is 2. The van der Waals surface area contributed by atoms with Gasteiger partial charge in [-0.15, -0.1) is 35.3 Å². The SMILES string of the molecule is CN=C(NCC1CCN(Cc2csc(C)n2)CC1)NC1CCCC(SC)C1.I. The lowest BCUT2D eigenvalue weighted by molar-refractivity contribution is 0.176. The first-order valence-corrected chi connectivity index (χ1v) is 12.5. The molecule has 2 heterocycles. The summed E-state index contributed by atoms with van der Waals surface area (Å²) in [6, 6.07) is 0.575. The Kier molecular flexibility index (Phi) is 10.9. The van der Waals surface area contributed by atoms with Gasteiger partial charge in [0, 0.05) is 36.8 Å². The number of aliphatic imine (C=N–C) groups is 1. The van der Waals surface area contributed by atoms with Crippen LogP contribution in [0.4, 0.5) is 0 Å². The minimum Gasteiger partial charge on any atom is -0.356 e. The van der Waals surface area contributed by atoms with Crippen molar-refractivity contribution in [3.05, 3.63) is 16.1 Å². The van der Waals surface area contributed by atoms with Crippen molar-refractivity contribution in [3.63, 3.8) is 0 Å². The van der Waals surface area contributed by atoms with Crippen molar-refractivity contribution in [1.82, 2.24) is 20.5 Å². The molecule has 2 unspecified atom stereocenters. The Morgan fingerprint density at radius 3 is 2.75 bits per heavy atom. The molecule has 1 saturated carbocycles. The molecule has 0 radical (unpaired) electrons. The number of guanidine groups is 1. The molecule has 28 heavy (non-hydrogen) atoms. The molecule has 0 aromatic carbocycles. The molecule has 2 N–H and O–H groups in total. The summed E-state index contributed by atoms with van der Waals surface area (Å²) in [5.74, 6) is 1.73. The number of rotatable bonds is 6. The summed E-state index contributed by atoms with van der Waals surface area (Å²) in [6.45, 7) is 6.47. The fourth-order valence-electron chi connectivity index (χ4n) is 4.18. The molecule has 1 aromatic heterocycles. The number of likely N-dealkylation sites (tertiary alicyclic amines) is 1. The van der Waals surface area contributed by atoms with Crippen molar-refractivity contribution in [2.45, 2.75) is 63.3 Å². The molecule has 0 spiro atoms. The maximum atomic E-state index is 4.60. The third-order valence-corrected chi connectivity index (χ3v) is 7.76. The van der Waals surface area contributed by atoms with Crippen LogP contribution in [-0.4, -0.2) is 60.1 Å². The van der Waals surface area contributed by atoms with E-state index < -0.39 is 0 Å². The molecule has 2 aliphatic rings. The van der Waals surface area contributed by atoms with E-state index in [1.54, 1.807) is 11.3 Å². The van der Waals surface area contributed by atoms with Gasteiger partial charge in [0.05, 0.1) is 10.7 Å². The van der Waals surface area contributed by atoms with Gasteiger partial charge in [0.2, 0.25) is 0 Å². The van der Waals surface area contributed by atoms with Crippen molar-refractivity contribution in [2.24, 2.45) is 10.9 Å². The van der Waals surface area contributed by atoms with E-state index in [1.165, 1.54) is 62.3 Å². The molecular formula is C20H36IN5S2. The fourth-order valence-corrected chi connectivity index (χ4v) is 5.61. The van der Waals surface area contributed by atoms with Crippen LogP contribution in [0.15, 0.2) is 10.4 Å². The van der Waals surface area contributed by atoms with Crippen LogP contribution in [0.25, 0.3) is 0 Å². The monoisotopic (exact) mass is 537 g/mol. The Morgan fingerprint density at radius 1 is 1.32 bits per heavy atom. The second-order valence-corrected chi connectivity index (χ2v) is 10.1. The highest BCUT2D eigenvalue weighted by Gasteiger charge is 2.23. The average Bonchev–Trinajstić information content (AvgIpc) is 3.11. The van der Waals surface area contributed by atoms with Crippen LogP contribution in [0.2, 0.25) is 0 Å². The summed E-state index contributed by atoms with van der Waals surface area (Å²) in [4.78, 5) is 11.6. The van der Waals surface area contributed by atoms with Crippen molar-refractivity contribution in [2.75, 3.05) is 32.9 Å². The zero-order valence-electron chi connectivity index (χ0n) is 17.4. The third kappa shape index (κ3) is 7.65. The van der Waals surface area contributed by atoms with Crippen molar-refractivity contribution in [1.29, 1.82) is 0 Å². The van der Waals surface area contributed by atoms with Crippen LogP contribution in [0.1, 0.15) is 49.2 Å². The summed E-state index contributed by atoms with van der Waals surface area (Å²) in [5, 5.41) is 11.4. The third-order valence-electron chi connectivity index (χ3n) is 5.84. The maximum Gasteiger partial charge on any atom is 0.191 e. The van der Waals surface area contributed by atoms with Gasteiger partial charge in [0.15, 0.2) is 5.96 Å². The molecule has 3 rings (SSSR count). The van der Waals surface area contributed by atoms with Gasteiger partial charge in [0.1, 0.15) is 0 Å². The van der Waals surface area contributed by atoms with E-state index >= 15 is 0 Å². The minimum absolute atomic E-state index is 0. The fraction of sp³-hybridized carbons (Fsp3) is 0.800. The Hall–Kier alpha value is -0.0600. The van der Waals surface area contributed by atoms with E-state index in [0.29, 0.717) is 6.04 Å². The quantitative estimate of drug-likeness (QED) is 0.325. The number of hydrogen-bond donors (Lipinski definition) is 2. The topological polar surface area (TPSA) is 52.6 Å². The molecule has 1 aliphatic heterocycles. The van der Waals surface area contributed by atoms with Gasteiger partial charge < -0.3 is 10.6 Å². The van der Waals surface area contributed by atoms with Gasteiger partial charge in [0.25, 0.3) is 0 Å². The normalized spacial score (nSPS) is 24.6. The van der Waals surface area contributed by atoms with Crippen LogP contribution in [0.5, 0.6) is 0 Å². The largest absolute Gasteiger partial charge is 0.356 e. The molecule has 1 aromatic rings. The first-order valence-electron chi connectivity index (χ1n) is 10.3. The van der Waals surface area contributed by atoms with Crippen molar-refractivity contribution in [3.8, 4) is 0 Å². The first-order chi connectivity index (χ1) is 13.2. The maximum absolute atomic E-state index is 4.60. The van der Waals surface area contributed by atoms with Gasteiger partial charge >= 0.3 is 0 Å². The highest BCUT2D eigenvalue weighted by Crippen LogP contribution is 2.27. The number of nitrogens with zero attached hydrogens (tertiary/aromatic N) is 3. The molecule has 1 aliphatic carbocycles. The lowest BCUT2D eigenvalue weighted by Gasteiger charge is -2.33. The van der Waals surface area contributed by atoms with Crippen LogP contribution in [-0.2, 0) is 6.54 Å².